The summed E-state index contributed by atoms with van der Waals surface area (Å²) in [6.45, 7) is 6.69. The van der Waals surface area contributed by atoms with E-state index in [9.17, 15) is 4.79 Å². The van der Waals surface area contributed by atoms with Crippen molar-refractivity contribution in [2.24, 2.45) is 0 Å². The maximum atomic E-state index is 12.6. The molecule has 0 saturated carbocycles. The summed E-state index contributed by atoms with van der Waals surface area (Å²) in [4.78, 5) is 14.5. The summed E-state index contributed by atoms with van der Waals surface area (Å²) in [5.74, 6) is 0.416. The van der Waals surface area contributed by atoms with Crippen LogP contribution in [0.3, 0.4) is 0 Å². The van der Waals surface area contributed by atoms with Gasteiger partial charge >= 0.3 is 0 Å². The number of carbonyl (C=O) groups excluding carboxylic acids is 1. The zero-order valence-electron chi connectivity index (χ0n) is 15.0. The van der Waals surface area contributed by atoms with E-state index in [1.54, 1.807) is 6.92 Å². The Labute approximate surface area is 149 Å². The van der Waals surface area contributed by atoms with Crippen LogP contribution in [-0.2, 0) is 11.3 Å². The van der Waals surface area contributed by atoms with Crippen LogP contribution in [-0.4, -0.2) is 5.91 Å². The van der Waals surface area contributed by atoms with Crippen molar-refractivity contribution < 1.29 is 4.79 Å². The van der Waals surface area contributed by atoms with Gasteiger partial charge in [0.1, 0.15) is 0 Å². The predicted octanol–water partition coefficient (Wildman–Crippen LogP) is 5.56. The third kappa shape index (κ3) is 2.53. The van der Waals surface area contributed by atoms with Gasteiger partial charge in [-0.05, 0) is 35.4 Å². The molecule has 2 nitrogen and oxygen atoms in total. The summed E-state index contributed by atoms with van der Waals surface area (Å²) in [6, 6.07) is 19.4. The van der Waals surface area contributed by atoms with Crippen molar-refractivity contribution in [2.45, 2.75) is 39.7 Å². The number of carbonyl (C=O) groups is 1. The highest BCUT2D eigenvalue weighted by Crippen LogP contribution is 2.44. The fourth-order valence-electron chi connectivity index (χ4n) is 4.16. The fourth-order valence-corrected chi connectivity index (χ4v) is 4.16. The Bertz CT molecular complexity index is 973. The zero-order chi connectivity index (χ0) is 17.6. The molecule has 0 radical (unpaired) electrons. The minimum absolute atomic E-state index is 0.0980. The SMILES string of the molecule is CC[C@@H]1c2cc(C)ccc2CN(C(C)=O)c2c1ccc1ccccc21. The van der Waals surface area contributed by atoms with E-state index in [2.05, 4.69) is 68.4 Å². The van der Waals surface area contributed by atoms with Gasteiger partial charge in [-0.1, -0.05) is 67.1 Å². The van der Waals surface area contributed by atoms with Crippen molar-refractivity contribution in [1.82, 2.24) is 0 Å². The van der Waals surface area contributed by atoms with Gasteiger partial charge in [-0.3, -0.25) is 4.79 Å². The van der Waals surface area contributed by atoms with Gasteiger partial charge in [0, 0.05) is 18.2 Å². The monoisotopic (exact) mass is 329 g/mol. The molecule has 1 atom stereocenters. The van der Waals surface area contributed by atoms with Gasteiger partial charge in [-0.2, -0.15) is 0 Å². The maximum absolute atomic E-state index is 12.6. The summed E-state index contributed by atoms with van der Waals surface area (Å²) < 4.78 is 0. The van der Waals surface area contributed by atoms with Crippen LogP contribution in [0.1, 0.15) is 48.4 Å². The van der Waals surface area contributed by atoms with Crippen LogP contribution in [0, 0.1) is 6.92 Å². The Balaban J connectivity index is 2.08. The molecule has 0 aromatic heterocycles. The molecule has 1 aliphatic rings. The number of anilines is 1. The molecule has 126 valence electrons. The number of aryl methyl sites for hydroxylation is 1. The van der Waals surface area contributed by atoms with Crippen LogP contribution in [0.15, 0.2) is 54.6 Å². The normalized spacial score (nSPS) is 16.3. The first-order valence-electron chi connectivity index (χ1n) is 8.99. The fraction of sp³-hybridized carbons (Fsp3) is 0.261. The van der Waals surface area contributed by atoms with Crippen LogP contribution in [0.4, 0.5) is 5.69 Å². The number of benzene rings is 3. The van der Waals surface area contributed by atoms with Crippen molar-refractivity contribution in [3.8, 4) is 0 Å². The number of fused-ring (bicyclic) bond motifs is 4. The molecule has 2 heteroatoms. The molecule has 1 heterocycles. The summed E-state index contributed by atoms with van der Waals surface area (Å²) in [5, 5.41) is 2.35. The van der Waals surface area contributed by atoms with E-state index in [-0.39, 0.29) is 5.91 Å². The van der Waals surface area contributed by atoms with Crippen LogP contribution in [0.5, 0.6) is 0 Å². The second-order valence-corrected chi connectivity index (χ2v) is 6.99. The molecule has 0 bridgehead atoms. The smallest absolute Gasteiger partial charge is 0.224 e. The molecular formula is C23H23NO. The Hall–Kier alpha value is -2.61. The van der Waals surface area contributed by atoms with E-state index in [1.165, 1.54) is 27.6 Å². The van der Waals surface area contributed by atoms with Gasteiger partial charge in [0.15, 0.2) is 0 Å². The molecule has 4 rings (SSSR count). The second kappa shape index (κ2) is 6.03. The van der Waals surface area contributed by atoms with Gasteiger partial charge in [-0.15, -0.1) is 0 Å². The molecular weight excluding hydrogens is 306 g/mol. The van der Waals surface area contributed by atoms with E-state index in [1.807, 2.05) is 4.90 Å². The van der Waals surface area contributed by atoms with Crippen LogP contribution in [0.2, 0.25) is 0 Å². The average Bonchev–Trinajstić information content (AvgIpc) is 2.75. The lowest BCUT2D eigenvalue weighted by atomic mass is 9.85. The number of amides is 1. The topological polar surface area (TPSA) is 20.3 Å². The highest BCUT2D eigenvalue weighted by molar-refractivity contribution is 6.05. The summed E-state index contributed by atoms with van der Waals surface area (Å²) >= 11 is 0. The molecule has 3 aromatic rings. The molecule has 25 heavy (non-hydrogen) atoms. The Morgan fingerprint density at radius 1 is 1.08 bits per heavy atom. The molecule has 0 saturated heterocycles. The Morgan fingerprint density at radius 3 is 2.64 bits per heavy atom. The quantitative estimate of drug-likeness (QED) is 0.572. The largest absolute Gasteiger partial charge is 0.307 e. The third-order valence-electron chi connectivity index (χ3n) is 5.37. The predicted molar refractivity (Wildman–Crippen MR) is 104 cm³/mol. The highest BCUT2D eigenvalue weighted by Gasteiger charge is 2.29. The van der Waals surface area contributed by atoms with Crippen molar-refractivity contribution in [2.75, 3.05) is 4.90 Å². The van der Waals surface area contributed by atoms with Crippen molar-refractivity contribution in [3.05, 3.63) is 76.9 Å². The molecule has 0 aliphatic carbocycles. The van der Waals surface area contributed by atoms with Gasteiger partial charge in [-0.25, -0.2) is 0 Å². The number of hydrogen-bond acceptors (Lipinski definition) is 1. The van der Waals surface area contributed by atoms with E-state index >= 15 is 0 Å². The van der Waals surface area contributed by atoms with E-state index in [0.717, 1.165) is 17.5 Å². The van der Waals surface area contributed by atoms with E-state index < -0.39 is 0 Å². The van der Waals surface area contributed by atoms with Crippen LogP contribution in [0.25, 0.3) is 10.8 Å². The summed E-state index contributed by atoms with van der Waals surface area (Å²) in [5.41, 5.74) is 6.25. The lowest BCUT2D eigenvalue weighted by Gasteiger charge is -2.25. The van der Waals surface area contributed by atoms with Crippen molar-refractivity contribution >= 4 is 22.4 Å². The lowest BCUT2D eigenvalue weighted by Crippen LogP contribution is -2.28. The lowest BCUT2D eigenvalue weighted by molar-refractivity contribution is -0.116. The van der Waals surface area contributed by atoms with Crippen LogP contribution < -0.4 is 4.90 Å². The molecule has 0 spiro atoms. The molecule has 0 unspecified atom stereocenters. The highest BCUT2D eigenvalue weighted by atomic mass is 16.2. The number of nitrogens with zero attached hydrogens (tertiary/aromatic N) is 1. The minimum Gasteiger partial charge on any atom is -0.307 e. The Kier molecular flexibility index (Phi) is 3.84. The van der Waals surface area contributed by atoms with Gasteiger partial charge in [0.05, 0.1) is 12.2 Å². The number of hydrogen-bond donors (Lipinski definition) is 0. The summed E-state index contributed by atoms with van der Waals surface area (Å²) in [7, 11) is 0. The average molecular weight is 329 g/mol. The number of rotatable bonds is 1. The van der Waals surface area contributed by atoms with Gasteiger partial charge in [0.2, 0.25) is 5.91 Å². The first-order valence-corrected chi connectivity index (χ1v) is 8.99. The Morgan fingerprint density at radius 2 is 1.88 bits per heavy atom. The summed E-state index contributed by atoms with van der Waals surface area (Å²) in [6.07, 6.45) is 1.02. The third-order valence-corrected chi connectivity index (χ3v) is 5.37. The van der Waals surface area contributed by atoms with Gasteiger partial charge < -0.3 is 4.90 Å². The second-order valence-electron chi connectivity index (χ2n) is 6.99. The van der Waals surface area contributed by atoms with Gasteiger partial charge in [0.25, 0.3) is 0 Å². The zero-order valence-corrected chi connectivity index (χ0v) is 15.0. The van der Waals surface area contributed by atoms with Crippen molar-refractivity contribution in [1.29, 1.82) is 0 Å². The first-order chi connectivity index (χ1) is 12.1. The molecule has 0 N–H and O–H groups in total. The molecule has 1 aliphatic heterocycles. The standard InChI is InChI=1S/C23H23NO/c1-4-19-21-12-11-17-7-5-6-8-20(17)23(21)24(16(3)25)14-18-10-9-15(2)13-22(18)19/h5-13,19H,4,14H2,1-3H3/t19-/m0/s1. The van der Waals surface area contributed by atoms with Crippen molar-refractivity contribution in [3.63, 3.8) is 0 Å². The molecule has 0 fully saturated rings. The van der Waals surface area contributed by atoms with E-state index in [0.29, 0.717) is 12.5 Å². The first kappa shape index (κ1) is 15.9. The molecule has 3 aromatic carbocycles. The van der Waals surface area contributed by atoms with Crippen LogP contribution >= 0.6 is 0 Å². The molecule has 1 amide bonds. The minimum atomic E-state index is 0.0980. The maximum Gasteiger partial charge on any atom is 0.224 e. The van der Waals surface area contributed by atoms with E-state index in [4.69, 9.17) is 0 Å².